The molecule has 0 unspecified atom stereocenters. The number of para-hydroxylation sites is 2. The highest BCUT2D eigenvalue weighted by molar-refractivity contribution is 6.10. The van der Waals surface area contributed by atoms with E-state index in [2.05, 4.69) is 264 Å². The van der Waals surface area contributed by atoms with Crippen LogP contribution in [0.15, 0.2) is 255 Å². The Bertz CT molecular complexity index is 3380. The van der Waals surface area contributed by atoms with Gasteiger partial charge in [-0.25, -0.2) is 0 Å². The Kier molecular flexibility index (Phi) is 8.76. The van der Waals surface area contributed by atoms with E-state index < -0.39 is 5.41 Å². The van der Waals surface area contributed by atoms with Crippen LogP contribution < -0.4 is 4.90 Å². The lowest BCUT2D eigenvalue weighted by Crippen LogP contribution is -2.28. The highest BCUT2D eigenvalue weighted by atomic mass is 15.1. The van der Waals surface area contributed by atoms with E-state index in [9.17, 15) is 0 Å². The largest absolute Gasteiger partial charge is 0.310 e. The van der Waals surface area contributed by atoms with E-state index in [4.69, 9.17) is 0 Å². The molecule has 0 amide bonds. The smallest absolute Gasteiger partial charge is 0.0714 e. The summed E-state index contributed by atoms with van der Waals surface area (Å²) in [6, 6.07) is 93.1. The summed E-state index contributed by atoms with van der Waals surface area (Å²) in [4.78, 5) is 2.40. The summed E-state index contributed by atoms with van der Waals surface area (Å²) in [5.74, 6) is 0. The average molecular weight is 803 g/mol. The molecule has 296 valence electrons. The number of anilines is 3. The second-order valence-electron chi connectivity index (χ2n) is 16.5. The first kappa shape index (κ1) is 36.6. The zero-order valence-electron chi connectivity index (χ0n) is 34.6. The summed E-state index contributed by atoms with van der Waals surface area (Å²) in [5, 5.41) is 2.48. The van der Waals surface area contributed by atoms with Gasteiger partial charge in [0.15, 0.2) is 0 Å². The molecule has 1 aliphatic carbocycles. The summed E-state index contributed by atoms with van der Waals surface area (Å²) in [5.41, 5.74) is 18.8. The van der Waals surface area contributed by atoms with E-state index in [0.717, 1.165) is 22.7 Å². The van der Waals surface area contributed by atoms with Gasteiger partial charge >= 0.3 is 0 Å². The van der Waals surface area contributed by atoms with Gasteiger partial charge in [0, 0.05) is 33.5 Å². The first-order valence-electron chi connectivity index (χ1n) is 21.8. The molecule has 0 N–H and O–H groups in total. The topological polar surface area (TPSA) is 8.17 Å². The van der Waals surface area contributed by atoms with E-state index in [-0.39, 0.29) is 0 Å². The Labute approximate surface area is 368 Å². The second kappa shape index (κ2) is 15.1. The van der Waals surface area contributed by atoms with Crippen LogP contribution in [0.2, 0.25) is 0 Å². The van der Waals surface area contributed by atoms with Gasteiger partial charge in [-0.05, 0) is 122 Å². The fraction of sp³-hybridized carbons (Fsp3) is 0.0164. The minimum absolute atomic E-state index is 0.483. The van der Waals surface area contributed by atoms with Crippen LogP contribution in [0.1, 0.15) is 22.3 Å². The summed E-state index contributed by atoms with van der Waals surface area (Å²) in [7, 11) is 0. The molecule has 0 aliphatic heterocycles. The van der Waals surface area contributed by atoms with Crippen LogP contribution in [-0.4, -0.2) is 4.57 Å². The second-order valence-corrected chi connectivity index (χ2v) is 16.5. The van der Waals surface area contributed by atoms with Crippen molar-refractivity contribution in [3.8, 4) is 39.1 Å². The van der Waals surface area contributed by atoms with E-state index in [1.54, 1.807) is 0 Å². The van der Waals surface area contributed by atoms with Gasteiger partial charge in [0.1, 0.15) is 0 Å². The van der Waals surface area contributed by atoms with Crippen molar-refractivity contribution in [2.45, 2.75) is 5.41 Å². The third kappa shape index (κ3) is 5.95. The number of rotatable bonds is 8. The quantitative estimate of drug-likeness (QED) is 0.149. The third-order valence-electron chi connectivity index (χ3n) is 13.1. The molecule has 0 saturated heterocycles. The first-order valence-corrected chi connectivity index (χ1v) is 21.8. The Hall–Kier alpha value is -8.20. The Morgan fingerprint density at radius 1 is 0.302 bits per heavy atom. The van der Waals surface area contributed by atoms with Crippen LogP contribution in [0, 0.1) is 0 Å². The zero-order chi connectivity index (χ0) is 41.7. The van der Waals surface area contributed by atoms with Crippen molar-refractivity contribution in [1.29, 1.82) is 0 Å². The molecule has 1 aliphatic rings. The van der Waals surface area contributed by atoms with Crippen molar-refractivity contribution in [2.24, 2.45) is 0 Å². The standard InChI is InChI=1S/C61H42N2/c1-5-18-43(19-6-1)45-20-17-27-51(40-45)63-59-31-16-14-29-55(59)56-41-46(34-39-60(56)63)44-32-35-50(36-33-44)62(49-25-11-4-12-26-49)52-37-38-54-53-28-13-15-30-57(53)61(58(54)42-52,47-21-7-2-8-22-47)48-23-9-3-10-24-48/h1-42H. The molecule has 2 nitrogen and oxygen atoms in total. The monoisotopic (exact) mass is 802 g/mol. The van der Waals surface area contributed by atoms with Crippen LogP contribution in [0.5, 0.6) is 0 Å². The minimum Gasteiger partial charge on any atom is -0.310 e. The van der Waals surface area contributed by atoms with Gasteiger partial charge in [0.05, 0.1) is 16.4 Å². The number of hydrogen-bond acceptors (Lipinski definition) is 1. The average Bonchev–Trinajstić information content (AvgIpc) is 3.86. The number of aromatic nitrogens is 1. The molecule has 10 aromatic carbocycles. The molecule has 0 fully saturated rings. The predicted octanol–water partition coefficient (Wildman–Crippen LogP) is 16.0. The number of hydrogen-bond donors (Lipinski definition) is 0. The maximum absolute atomic E-state index is 2.44. The van der Waals surface area contributed by atoms with Crippen molar-refractivity contribution in [2.75, 3.05) is 4.90 Å². The highest BCUT2D eigenvalue weighted by Crippen LogP contribution is 2.57. The Morgan fingerprint density at radius 2 is 0.825 bits per heavy atom. The lowest BCUT2D eigenvalue weighted by Gasteiger charge is -2.35. The minimum atomic E-state index is -0.483. The summed E-state index contributed by atoms with van der Waals surface area (Å²) in [6.45, 7) is 0. The lowest BCUT2D eigenvalue weighted by molar-refractivity contribution is 0.768. The van der Waals surface area contributed by atoms with Crippen molar-refractivity contribution < 1.29 is 0 Å². The molecule has 1 heterocycles. The maximum Gasteiger partial charge on any atom is 0.0714 e. The molecule has 0 spiro atoms. The molecule has 0 radical (unpaired) electrons. The normalized spacial score (nSPS) is 12.6. The van der Waals surface area contributed by atoms with Crippen LogP contribution in [-0.2, 0) is 5.41 Å². The molecule has 11 aromatic rings. The fourth-order valence-electron chi connectivity index (χ4n) is 10.3. The van der Waals surface area contributed by atoms with E-state index in [0.29, 0.717) is 0 Å². The van der Waals surface area contributed by atoms with Gasteiger partial charge < -0.3 is 9.47 Å². The van der Waals surface area contributed by atoms with Crippen molar-refractivity contribution in [1.82, 2.24) is 4.57 Å². The van der Waals surface area contributed by atoms with Crippen LogP contribution in [0.3, 0.4) is 0 Å². The summed E-state index contributed by atoms with van der Waals surface area (Å²) >= 11 is 0. The van der Waals surface area contributed by atoms with Gasteiger partial charge in [-0.2, -0.15) is 0 Å². The van der Waals surface area contributed by atoms with Gasteiger partial charge in [0.25, 0.3) is 0 Å². The molecule has 2 heteroatoms. The van der Waals surface area contributed by atoms with Crippen LogP contribution in [0.4, 0.5) is 17.1 Å². The predicted molar refractivity (Wildman–Crippen MR) is 264 cm³/mol. The number of nitrogens with zero attached hydrogens (tertiary/aromatic N) is 2. The van der Waals surface area contributed by atoms with Crippen molar-refractivity contribution in [3.63, 3.8) is 0 Å². The highest BCUT2D eigenvalue weighted by Gasteiger charge is 2.46. The molecule has 0 bridgehead atoms. The number of fused-ring (bicyclic) bond motifs is 6. The maximum atomic E-state index is 2.44. The molecular weight excluding hydrogens is 761 g/mol. The summed E-state index contributed by atoms with van der Waals surface area (Å²) in [6.07, 6.45) is 0. The van der Waals surface area contributed by atoms with E-state index in [1.165, 1.54) is 77.4 Å². The molecule has 0 saturated carbocycles. The van der Waals surface area contributed by atoms with Gasteiger partial charge in [0.2, 0.25) is 0 Å². The van der Waals surface area contributed by atoms with Gasteiger partial charge in [-0.1, -0.05) is 188 Å². The molecular formula is C61H42N2. The number of benzene rings is 10. The summed E-state index contributed by atoms with van der Waals surface area (Å²) < 4.78 is 2.40. The van der Waals surface area contributed by atoms with Gasteiger partial charge in [-0.15, -0.1) is 0 Å². The van der Waals surface area contributed by atoms with Crippen molar-refractivity contribution >= 4 is 38.9 Å². The molecule has 63 heavy (non-hydrogen) atoms. The van der Waals surface area contributed by atoms with Crippen LogP contribution in [0.25, 0.3) is 60.9 Å². The Balaban J connectivity index is 0.969. The first-order chi connectivity index (χ1) is 31.3. The Morgan fingerprint density at radius 3 is 1.57 bits per heavy atom. The third-order valence-corrected chi connectivity index (χ3v) is 13.1. The van der Waals surface area contributed by atoms with Gasteiger partial charge in [-0.3, -0.25) is 0 Å². The molecule has 12 rings (SSSR count). The lowest BCUT2D eigenvalue weighted by atomic mass is 9.67. The van der Waals surface area contributed by atoms with Crippen molar-refractivity contribution in [3.05, 3.63) is 277 Å². The van der Waals surface area contributed by atoms with E-state index in [1.807, 2.05) is 0 Å². The molecule has 0 atom stereocenters. The van der Waals surface area contributed by atoms with Crippen LogP contribution >= 0.6 is 0 Å². The molecule has 1 aromatic heterocycles. The SMILES string of the molecule is c1ccc(-c2cccc(-n3c4ccccc4c4cc(-c5ccc(N(c6ccccc6)c6ccc7c(c6)C(c6ccccc6)(c6ccccc6)c6ccccc6-7)cc5)ccc43)c2)cc1. The van der Waals surface area contributed by atoms with E-state index >= 15 is 0 Å². The fourth-order valence-corrected chi connectivity index (χ4v) is 10.3. The zero-order valence-corrected chi connectivity index (χ0v) is 34.6.